The maximum Gasteiger partial charge on any atom is 0.133 e. The molecule has 2 nitrogen and oxygen atoms in total. The molecule has 0 heterocycles. The summed E-state index contributed by atoms with van der Waals surface area (Å²) in [5.41, 5.74) is 0.117. The molecule has 0 bridgehead atoms. The molecule has 0 amide bonds. The largest absolute Gasteiger partial charge is 0.300 e. The molecule has 2 aliphatic rings. The van der Waals surface area contributed by atoms with Gasteiger partial charge in [-0.2, -0.15) is 0 Å². The minimum absolute atomic E-state index is 0.117. The lowest BCUT2D eigenvalue weighted by atomic mass is 9.72. The molecule has 0 aromatic carbocycles. The van der Waals surface area contributed by atoms with Gasteiger partial charge in [-0.15, -0.1) is 0 Å². The Morgan fingerprint density at radius 1 is 0.917 bits per heavy atom. The van der Waals surface area contributed by atoms with E-state index in [9.17, 15) is 9.59 Å². The van der Waals surface area contributed by atoms with Gasteiger partial charge in [-0.1, -0.05) is 0 Å². The van der Waals surface area contributed by atoms with Crippen molar-refractivity contribution in [3.63, 3.8) is 0 Å². The summed E-state index contributed by atoms with van der Waals surface area (Å²) >= 11 is 0. The van der Waals surface area contributed by atoms with Crippen LogP contribution in [0.15, 0.2) is 0 Å². The lowest BCUT2D eigenvalue weighted by Crippen LogP contribution is -2.26. The van der Waals surface area contributed by atoms with Crippen molar-refractivity contribution in [2.45, 2.75) is 44.9 Å². The predicted octanol–water partition coefficient (Wildman–Crippen LogP) is 1.87. The van der Waals surface area contributed by atoms with Gasteiger partial charge in [0.15, 0.2) is 0 Å². The molecule has 12 heavy (non-hydrogen) atoms. The van der Waals surface area contributed by atoms with Gasteiger partial charge in [0.25, 0.3) is 0 Å². The average molecular weight is 166 g/mol. The van der Waals surface area contributed by atoms with Crippen molar-refractivity contribution in [1.82, 2.24) is 0 Å². The van der Waals surface area contributed by atoms with E-state index in [0.717, 1.165) is 25.7 Å². The Morgan fingerprint density at radius 2 is 1.58 bits per heavy atom. The Balaban J connectivity index is 2.10. The van der Waals surface area contributed by atoms with E-state index in [4.69, 9.17) is 0 Å². The Kier molecular flexibility index (Phi) is 1.78. The highest BCUT2D eigenvalue weighted by Crippen LogP contribution is 2.46. The summed E-state index contributed by atoms with van der Waals surface area (Å²) in [4.78, 5) is 22.3. The molecule has 2 saturated carbocycles. The third kappa shape index (κ3) is 1.30. The smallest absolute Gasteiger partial charge is 0.133 e. The molecule has 0 aromatic rings. The maximum atomic E-state index is 11.2. The average Bonchev–Trinajstić information content (AvgIpc) is 2.32. The summed E-state index contributed by atoms with van der Waals surface area (Å²) in [7, 11) is 0. The zero-order valence-electron chi connectivity index (χ0n) is 7.27. The molecule has 2 fully saturated rings. The molecule has 2 rings (SSSR count). The van der Waals surface area contributed by atoms with Crippen molar-refractivity contribution >= 4 is 11.6 Å². The Morgan fingerprint density at radius 3 is 2.17 bits per heavy atom. The maximum absolute atomic E-state index is 11.2. The van der Waals surface area contributed by atoms with Gasteiger partial charge in [-0.05, 0) is 24.7 Å². The molecule has 1 atom stereocenters. The number of rotatable bonds is 0. The highest BCUT2D eigenvalue weighted by Gasteiger charge is 2.41. The van der Waals surface area contributed by atoms with Crippen LogP contribution in [0, 0.1) is 5.41 Å². The zero-order chi connectivity index (χ0) is 8.60. The highest BCUT2D eigenvalue weighted by atomic mass is 16.1. The van der Waals surface area contributed by atoms with Gasteiger partial charge >= 0.3 is 0 Å². The van der Waals surface area contributed by atoms with E-state index in [1.165, 1.54) is 0 Å². The van der Waals surface area contributed by atoms with Crippen molar-refractivity contribution in [2.75, 3.05) is 0 Å². The van der Waals surface area contributed by atoms with E-state index in [0.29, 0.717) is 30.8 Å². The van der Waals surface area contributed by atoms with Gasteiger partial charge in [-0.3, -0.25) is 9.59 Å². The number of carbonyl (C=O) groups is 2. The fourth-order valence-electron chi connectivity index (χ4n) is 2.62. The van der Waals surface area contributed by atoms with Crippen LogP contribution in [0.25, 0.3) is 0 Å². The van der Waals surface area contributed by atoms with E-state index in [1.807, 2.05) is 0 Å². The molecule has 0 saturated heterocycles. The van der Waals surface area contributed by atoms with E-state index < -0.39 is 0 Å². The van der Waals surface area contributed by atoms with E-state index in [1.54, 1.807) is 0 Å². The van der Waals surface area contributed by atoms with Crippen LogP contribution in [0.4, 0.5) is 0 Å². The molecular formula is C10H14O2. The lowest BCUT2D eigenvalue weighted by Gasteiger charge is -2.31. The number of Topliss-reactive ketones (excluding diaryl/α,β-unsaturated/α-hetero) is 2. The second-order valence-corrected chi connectivity index (χ2v) is 4.28. The van der Waals surface area contributed by atoms with Gasteiger partial charge in [0.1, 0.15) is 11.6 Å². The first-order chi connectivity index (χ1) is 5.70. The minimum atomic E-state index is 0.117. The van der Waals surface area contributed by atoms with Crippen LogP contribution in [0.3, 0.4) is 0 Å². The molecule has 0 N–H and O–H groups in total. The normalized spacial score (nSPS) is 36.3. The van der Waals surface area contributed by atoms with Gasteiger partial charge in [-0.25, -0.2) is 0 Å². The van der Waals surface area contributed by atoms with Gasteiger partial charge < -0.3 is 0 Å². The Bertz CT molecular complexity index is 232. The lowest BCUT2D eigenvalue weighted by molar-refractivity contribution is -0.124. The number of hydrogen-bond donors (Lipinski definition) is 0. The van der Waals surface area contributed by atoms with Gasteiger partial charge in [0.05, 0.1) is 0 Å². The van der Waals surface area contributed by atoms with Crippen molar-refractivity contribution in [2.24, 2.45) is 5.41 Å². The minimum Gasteiger partial charge on any atom is -0.300 e. The van der Waals surface area contributed by atoms with E-state index >= 15 is 0 Å². The second-order valence-electron chi connectivity index (χ2n) is 4.28. The topological polar surface area (TPSA) is 34.1 Å². The first-order valence-electron chi connectivity index (χ1n) is 4.74. The van der Waals surface area contributed by atoms with Crippen molar-refractivity contribution in [3.8, 4) is 0 Å². The fraction of sp³-hybridized carbons (Fsp3) is 0.800. The summed E-state index contributed by atoms with van der Waals surface area (Å²) in [6.07, 6.45) is 5.90. The SMILES string of the molecule is O=C1CCC[C@@]2(CCC(=O)C2)C1. The fourth-order valence-corrected chi connectivity index (χ4v) is 2.62. The second kappa shape index (κ2) is 2.68. The van der Waals surface area contributed by atoms with Crippen molar-refractivity contribution in [3.05, 3.63) is 0 Å². The Labute approximate surface area is 72.3 Å². The van der Waals surface area contributed by atoms with Crippen LogP contribution >= 0.6 is 0 Å². The first-order valence-corrected chi connectivity index (χ1v) is 4.74. The molecule has 0 radical (unpaired) electrons. The predicted molar refractivity (Wildman–Crippen MR) is 44.8 cm³/mol. The third-order valence-corrected chi connectivity index (χ3v) is 3.24. The van der Waals surface area contributed by atoms with Gasteiger partial charge in [0.2, 0.25) is 0 Å². The third-order valence-electron chi connectivity index (χ3n) is 3.24. The summed E-state index contributed by atoms with van der Waals surface area (Å²) in [6.45, 7) is 0. The molecule has 2 heteroatoms. The van der Waals surface area contributed by atoms with Crippen LogP contribution in [-0.2, 0) is 9.59 Å². The standard InChI is InChI=1S/C10H14O2/c11-8-2-1-4-10(6-8)5-3-9(12)7-10/h1-7H2/t10-/m1/s1. The molecular weight excluding hydrogens is 152 g/mol. The van der Waals surface area contributed by atoms with Gasteiger partial charge in [0, 0.05) is 25.7 Å². The van der Waals surface area contributed by atoms with Crippen LogP contribution in [0.2, 0.25) is 0 Å². The molecule has 1 spiro atoms. The first kappa shape index (κ1) is 7.96. The molecule has 0 aliphatic heterocycles. The quantitative estimate of drug-likeness (QED) is 0.550. The number of ketones is 2. The summed E-state index contributed by atoms with van der Waals surface area (Å²) in [5, 5.41) is 0. The van der Waals surface area contributed by atoms with Crippen LogP contribution < -0.4 is 0 Å². The van der Waals surface area contributed by atoms with Crippen molar-refractivity contribution in [1.29, 1.82) is 0 Å². The summed E-state index contributed by atoms with van der Waals surface area (Å²) in [5.74, 6) is 0.737. The Hall–Kier alpha value is -0.660. The molecule has 2 aliphatic carbocycles. The zero-order valence-corrected chi connectivity index (χ0v) is 7.27. The van der Waals surface area contributed by atoms with E-state index in [-0.39, 0.29) is 5.41 Å². The van der Waals surface area contributed by atoms with Crippen LogP contribution in [0.1, 0.15) is 44.9 Å². The summed E-state index contributed by atoms with van der Waals surface area (Å²) < 4.78 is 0. The molecule has 0 unspecified atom stereocenters. The van der Waals surface area contributed by atoms with Crippen molar-refractivity contribution < 1.29 is 9.59 Å². The monoisotopic (exact) mass is 166 g/mol. The van der Waals surface area contributed by atoms with E-state index in [2.05, 4.69) is 0 Å². The molecule has 66 valence electrons. The number of carbonyl (C=O) groups excluding carboxylic acids is 2. The number of hydrogen-bond acceptors (Lipinski definition) is 2. The molecule has 0 aromatic heterocycles. The van der Waals surface area contributed by atoms with Crippen LogP contribution in [-0.4, -0.2) is 11.6 Å². The van der Waals surface area contributed by atoms with Crippen LogP contribution in [0.5, 0.6) is 0 Å². The summed E-state index contributed by atoms with van der Waals surface area (Å²) in [6, 6.07) is 0. The highest BCUT2D eigenvalue weighted by molar-refractivity contribution is 5.85.